The van der Waals surface area contributed by atoms with Gasteiger partial charge in [0.1, 0.15) is 18.1 Å². The number of unbranched alkanes of at least 4 members (excludes halogenated alkanes) is 2. The molecule has 1 aromatic heterocycles. The largest absolute Gasteiger partial charge is 0.462 e. The van der Waals surface area contributed by atoms with Crippen molar-refractivity contribution in [1.29, 1.82) is 0 Å². The summed E-state index contributed by atoms with van der Waals surface area (Å²) in [6.07, 6.45) is 4.49. The minimum absolute atomic E-state index is 0.0261. The Morgan fingerprint density at radius 3 is 2.79 bits per heavy atom. The van der Waals surface area contributed by atoms with Gasteiger partial charge in [-0.2, -0.15) is 0 Å². The maximum absolute atomic E-state index is 8.81. The third kappa shape index (κ3) is 3.16. The van der Waals surface area contributed by atoms with E-state index in [2.05, 4.69) is 6.92 Å². The molecule has 0 aliphatic rings. The number of hydrogen-bond donors (Lipinski definition) is 2. The number of furan rings is 1. The first-order chi connectivity index (χ1) is 6.77. The molecule has 1 heterocycles. The van der Waals surface area contributed by atoms with Gasteiger partial charge in [-0.1, -0.05) is 26.2 Å². The van der Waals surface area contributed by atoms with E-state index in [0.29, 0.717) is 5.76 Å². The molecule has 0 aliphatic heterocycles. The summed E-state index contributed by atoms with van der Waals surface area (Å²) < 4.78 is 5.35. The van der Waals surface area contributed by atoms with E-state index in [1.54, 1.807) is 6.07 Å². The molecule has 0 aromatic carbocycles. The van der Waals surface area contributed by atoms with Gasteiger partial charge in [-0.3, -0.25) is 0 Å². The minimum atomic E-state index is -0.0539. The summed E-state index contributed by atoms with van der Waals surface area (Å²) in [5.74, 6) is 1.37. The molecule has 0 amide bonds. The summed E-state index contributed by atoms with van der Waals surface area (Å²) in [5.41, 5.74) is 5.93. The summed E-state index contributed by atoms with van der Waals surface area (Å²) in [6, 6.07) is 3.60. The Kier molecular flexibility index (Phi) is 4.70. The number of nitrogens with two attached hydrogens (primary N) is 1. The van der Waals surface area contributed by atoms with Gasteiger partial charge >= 0.3 is 0 Å². The van der Waals surface area contributed by atoms with Crippen LogP contribution in [0.1, 0.15) is 50.2 Å². The fourth-order valence-corrected chi connectivity index (χ4v) is 1.44. The van der Waals surface area contributed by atoms with Crippen molar-refractivity contribution in [2.24, 2.45) is 5.73 Å². The lowest BCUT2D eigenvalue weighted by atomic mass is 10.1. The molecular formula is C11H19NO2. The molecule has 0 radical (unpaired) electrons. The Morgan fingerprint density at radius 1 is 1.43 bits per heavy atom. The topological polar surface area (TPSA) is 59.4 Å². The van der Waals surface area contributed by atoms with E-state index in [-0.39, 0.29) is 12.6 Å². The van der Waals surface area contributed by atoms with Crippen LogP contribution in [-0.2, 0) is 6.61 Å². The molecule has 0 saturated heterocycles. The second-order valence-corrected chi connectivity index (χ2v) is 3.56. The van der Waals surface area contributed by atoms with E-state index >= 15 is 0 Å². The standard InChI is InChI=1S/C11H19NO2/c1-2-3-4-5-10(12)11-7-6-9(8-13)14-11/h6-7,10,13H,2-5,8,12H2,1H3/t10-/m0/s1. The molecule has 3 N–H and O–H groups in total. The summed E-state index contributed by atoms with van der Waals surface area (Å²) in [7, 11) is 0. The van der Waals surface area contributed by atoms with E-state index in [4.69, 9.17) is 15.3 Å². The van der Waals surface area contributed by atoms with Gasteiger partial charge in [0.05, 0.1) is 6.04 Å². The van der Waals surface area contributed by atoms with Crippen LogP contribution in [0.15, 0.2) is 16.5 Å². The number of hydrogen-bond acceptors (Lipinski definition) is 3. The van der Waals surface area contributed by atoms with E-state index in [1.165, 1.54) is 12.8 Å². The highest BCUT2D eigenvalue weighted by Gasteiger charge is 2.09. The lowest BCUT2D eigenvalue weighted by Crippen LogP contribution is -2.08. The summed E-state index contributed by atoms with van der Waals surface area (Å²) in [5, 5.41) is 8.81. The fraction of sp³-hybridized carbons (Fsp3) is 0.636. The smallest absolute Gasteiger partial charge is 0.129 e. The summed E-state index contributed by atoms with van der Waals surface area (Å²) in [6.45, 7) is 2.12. The maximum Gasteiger partial charge on any atom is 0.129 e. The predicted molar refractivity (Wildman–Crippen MR) is 55.7 cm³/mol. The lowest BCUT2D eigenvalue weighted by molar-refractivity contribution is 0.241. The number of aliphatic hydroxyl groups is 1. The second kappa shape index (κ2) is 5.83. The van der Waals surface area contributed by atoms with Crippen molar-refractivity contribution >= 4 is 0 Å². The highest BCUT2D eigenvalue weighted by atomic mass is 16.4. The highest BCUT2D eigenvalue weighted by Crippen LogP contribution is 2.19. The van der Waals surface area contributed by atoms with Gasteiger partial charge in [-0.05, 0) is 18.6 Å². The molecule has 1 atom stereocenters. The van der Waals surface area contributed by atoms with Crippen LogP contribution in [0.4, 0.5) is 0 Å². The van der Waals surface area contributed by atoms with Gasteiger partial charge < -0.3 is 15.3 Å². The Labute approximate surface area is 84.9 Å². The third-order valence-electron chi connectivity index (χ3n) is 2.32. The van der Waals surface area contributed by atoms with Gasteiger partial charge in [-0.25, -0.2) is 0 Å². The van der Waals surface area contributed by atoms with Gasteiger partial charge in [0.15, 0.2) is 0 Å². The predicted octanol–water partition coefficient (Wildman–Crippen LogP) is 2.35. The molecule has 0 fully saturated rings. The van der Waals surface area contributed by atoms with E-state index in [0.717, 1.165) is 18.6 Å². The van der Waals surface area contributed by atoms with Crippen molar-refractivity contribution in [1.82, 2.24) is 0 Å². The molecule has 1 rings (SSSR count). The van der Waals surface area contributed by atoms with Crippen LogP contribution in [0, 0.1) is 0 Å². The molecule has 80 valence electrons. The van der Waals surface area contributed by atoms with Gasteiger partial charge in [0.25, 0.3) is 0 Å². The minimum Gasteiger partial charge on any atom is -0.462 e. The zero-order valence-electron chi connectivity index (χ0n) is 8.70. The van der Waals surface area contributed by atoms with Crippen LogP contribution < -0.4 is 5.73 Å². The van der Waals surface area contributed by atoms with Crippen molar-refractivity contribution in [3.05, 3.63) is 23.7 Å². The van der Waals surface area contributed by atoms with Crippen LogP contribution >= 0.6 is 0 Å². The third-order valence-corrected chi connectivity index (χ3v) is 2.32. The molecule has 14 heavy (non-hydrogen) atoms. The average Bonchev–Trinajstić information content (AvgIpc) is 2.66. The van der Waals surface area contributed by atoms with E-state index < -0.39 is 0 Å². The monoisotopic (exact) mass is 197 g/mol. The highest BCUT2D eigenvalue weighted by molar-refractivity contribution is 5.09. The molecule has 0 unspecified atom stereocenters. The first-order valence-corrected chi connectivity index (χ1v) is 5.23. The first kappa shape index (κ1) is 11.3. The lowest BCUT2D eigenvalue weighted by Gasteiger charge is -2.07. The SMILES string of the molecule is CCCCC[C@H](N)c1ccc(CO)o1. The molecule has 0 saturated carbocycles. The zero-order chi connectivity index (χ0) is 10.4. The van der Waals surface area contributed by atoms with Gasteiger partial charge in [-0.15, -0.1) is 0 Å². The Bertz CT molecular complexity index is 258. The maximum atomic E-state index is 8.81. The van der Waals surface area contributed by atoms with E-state index in [1.807, 2.05) is 6.07 Å². The molecule has 0 spiro atoms. The molecular weight excluding hydrogens is 178 g/mol. The molecule has 3 nitrogen and oxygen atoms in total. The van der Waals surface area contributed by atoms with Gasteiger partial charge in [0, 0.05) is 0 Å². The fourth-order valence-electron chi connectivity index (χ4n) is 1.44. The van der Waals surface area contributed by atoms with Crippen LogP contribution in [0.5, 0.6) is 0 Å². The summed E-state index contributed by atoms with van der Waals surface area (Å²) >= 11 is 0. The Balaban J connectivity index is 2.39. The molecule has 0 bridgehead atoms. The van der Waals surface area contributed by atoms with Crippen molar-refractivity contribution in [2.75, 3.05) is 0 Å². The average molecular weight is 197 g/mol. The van der Waals surface area contributed by atoms with E-state index in [9.17, 15) is 0 Å². The van der Waals surface area contributed by atoms with Crippen LogP contribution in [-0.4, -0.2) is 5.11 Å². The molecule has 0 aliphatic carbocycles. The normalized spacial score (nSPS) is 13.1. The molecule has 3 heteroatoms. The quantitative estimate of drug-likeness (QED) is 0.688. The summed E-state index contributed by atoms with van der Waals surface area (Å²) in [4.78, 5) is 0. The van der Waals surface area contributed by atoms with Gasteiger partial charge in [0.2, 0.25) is 0 Å². The second-order valence-electron chi connectivity index (χ2n) is 3.56. The van der Waals surface area contributed by atoms with Crippen LogP contribution in [0.2, 0.25) is 0 Å². The molecule has 1 aromatic rings. The van der Waals surface area contributed by atoms with Crippen molar-refractivity contribution < 1.29 is 9.52 Å². The van der Waals surface area contributed by atoms with Crippen LogP contribution in [0.25, 0.3) is 0 Å². The van der Waals surface area contributed by atoms with Crippen molar-refractivity contribution in [3.8, 4) is 0 Å². The Morgan fingerprint density at radius 2 is 2.21 bits per heavy atom. The van der Waals surface area contributed by atoms with Crippen molar-refractivity contribution in [2.45, 2.75) is 45.3 Å². The first-order valence-electron chi connectivity index (χ1n) is 5.23. The number of aliphatic hydroxyl groups excluding tert-OH is 1. The van der Waals surface area contributed by atoms with Crippen LogP contribution in [0.3, 0.4) is 0 Å². The number of rotatable bonds is 6. The Hall–Kier alpha value is -0.800. The van der Waals surface area contributed by atoms with Crippen molar-refractivity contribution in [3.63, 3.8) is 0 Å². The zero-order valence-corrected chi connectivity index (χ0v) is 8.70.